The van der Waals surface area contributed by atoms with Gasteiger partial charge in [0.2, 0.25) is 0 Å². The maximum atomic E-state index is 5.82. The SMILES string of the molecule is S=C(Nc1ccc(Br)cc1)N(Cc1cccc(Br)c1)CC1CCCO1. The van der Waals surface area contributed by atoms with Crippen LogP contribution < -0.4 is 5.32 Å². The summed E-state index contributed by atoms with van der Waals surface area (Å²) < 4.78 is 7.94. The van der Waals surface area contributed by atoms with Crippen LogP contribution in [0.5, 0.6) is 0 Å². The van der Waals surface area contributed by atoms with Gasteiger partial charge in [0, 0.05) is 34.3 Å². The van der Waals surface area contributed by atoms with Crippen LogP contribution in [-0.2, 0) is 11.3 Å². The van der Waals surface area contributed by atoms with E-state index in [-0.39, 0.29) is 6.10 Å². The summed E-state index contributed by atoms with van der Waals surface area (Å²) in [5.41, 5.74) is 2.20. The lowest BCUT2D eigenvalue weighted by atomic mass is 10.2. The molecule has 1 aliphatic heterocycles. The second-order valence-corrected chi connectivity index (χ2v) is 8.30. The van der Waals surface area contributed by atoms with Crippen LogP contribution in [0.3, 0.4) is 0 Å². The van der Waals surface area contributed by atoms with Crippen LogP contribution in [0.25, 0.3) is 0 Å². The number of benzene rings is 2. The average Bonchev–Trinajstić information content (AvgIpc) is 3.09. The number of nitrogens with zero attached hydrogens (tertiary/aromatic N) is 1. The number of halogens is 2. The second-order valence-electron chi connectivity index (χ2n) is 6.08. The number of thiocarbonyl (C=S) groups is 1. The van der Waals surface area contributed by atoms with Gasteiger partial charge >= 0.3 is 0 Å². The van der Waals surface area contributed by atoms with E-state index < -0.39 is 0 Å². The molecule has 1 aliphatic rings. The Bertz CT molecular complexity index is 718. The highest BCUT2D eigenvalue weighted by Crippen LogP contribution is 2.19. The van der Waals surface area contributed by atoms with E-state index in [0.29, 0.717) is 0 Å². The van der Waals surface area contributed by atoms with Crippen molar-refractivity contribution in [3.63, 3.8) is 0 Å². The highest BCUT2D eigenvalue weighted by Gasteiger charge is 2.21. The zero-order valence-corrected chi connectivity index (χ0v) is 17.7. The summed E-state index contributed by atoms with van der Waals surface area (Å²) in [6, 6.07) is 16.4. The summed E-state index contributed by atoms with van der Waals surface area (Å²) in [5, 5.41) is 4.07. The number of hydrogen-bond donors (Lipinski definition) is 1. The molecule has 2 aromatic carbocycles. The van der Waals surface area contributed by atoms with Gasteiger partial charge in [-0.1, -0.05) is 44.0 Å². The molecule has 1 heterocycles. The molecule has 0 radical (unpaired) electrons. The Kier molecular flexibility index (Phi) is 6.87. The molecule has 0 spiro atoms. The molecule has 0 amide bonds. The molecule has 0 aromatic heterocycles. The molecule has 0 saturated carbocycles. The van der Waals surface area contributed by atoms with Gasteiger partial charge in [0.05, 0.1) is 6.10 Å². The number of ether oxygens (including phenoxy) is 1. The van der Waals surface area contributed by atoms with Crippen molar-refractivity contribution in [3.8, 4) is 0 Å². The minimum atomic E-state index is 0.247. The molecular weight excluding hydrogens is 464 g/mol. The first-order valence-electron chi connectivity index (χ1n) is 8.28. The highest BCUT2D eigenvalue weighted by atomic mass is 79.9. The summed E-state index contributed by atoms with van der Waals surface area (Å²) in [7, 11) is 0. The third kappa shape index (κ3) is 5.78. The summed E-state index contributed by atoms with van der Waals surface area (Å²) in [4.78, 5) is 2.19. The third-order valence-electron chi connectivity index (χ3n) is 4.09. The molecule has 1 N–H and O–H groups in total. The zero-order valence-electron chi connectivity index (χ0n) is 13.8. The van der Waals surface area contributed by atoms with E-state index in [0.717, 1.165) is 52.3 Å². The average molecular weight is 484 g/mol. The lowest BCUT2D eigenvalue weighted by Gasteiger charge is -2.28. The largest absolute Gasteiger partial charge is 0.376 e. The molecule has 25 heavy (non-hydrogen) atoms. The molecule has 0 aliphatic carbocycles. The normalized spacial score (nSPS) is 16.6. The molecule has 6 heteroatoms. The van der Waals surface area contributed by atoms with Crippen molar-refractivity contribution in [2.24, 2.45) is 0 Å². The van der Waals surface area contributed by atoms with E-state index in [1.165, 1.54) is 5.56 Å². The Hall–Kier alpha value is -0.950. The fourth-order valence-electron chi connectivity index (χ4n) is 2.84. The Balaban J connectivity index is 1.71. The second kappa shape index (κ2) is 9.12. The van der Waals surface area contributed by atoms with Gasteiger partial charge in [-0.05, 0) is 67.0 Å². The van der Waals surface area contributed by atoms with Gasteiger partial charge in [0.1, 0.15) is 0 Å². The van der Waals surface area contributed by atoms with Crippen molar-refractivity contribution >= 4 is 54.9 Å². The fourth-order valence-corrected chi connectivity index (χ4v) is 3.81. The molecule has 1 unspecified atom stereocenters. The predicted molar refractivity (Wildman–Crippen MR) is 114 cm³/mol. The van der Waals surface area contributed by atoms with Crippen molar-refractivity contribution in [1.29, 1.82) is 0 Å². The van der Waals surface area contributed by atoms with Crippen LogP contribution in [0.15, 0.2) is 57.5 Å². The van der Waals surface area contributed by atoms with Gasteiger partial charge < -0.3 is 15.0 Å². The Morgan fingerprint density at radius 2 is 1.96 bits per heavy atom. The molecule has 3 rings (SSSR count). The van der Waals surface area contributed by atoms with E-state index >= 15 is 0 Å². The van der Waals surface area contributed by atoms with E-state index in [1.807, 2.05) is 30.3 Å². The summed E-state index contributed by atoms with van der Waals surface area (Å²) in [6.45, 7) is 2.40. The first-order valence-corrected chi connectivity index (χ1v) is 10.3. The smallest absolute Gasteiger partial charge is 0.173 e. The van der Waals surface area contributed by atoms with Crippen LogP contribution in [-0.4, -0.2) is 29.3 Å². The van der Waals surface area contributed by atoms with Gasteiger partial charge in [-0.2, -0.15) is 0 Å². The minimum absolute atomic E-state index is 0.247. The topological polar surface area (TPSA) is 24.5 Å². The number of nitrogens with one attached hydrogen (secondary N) is 1. The van der Waals surface area contributed by atoms with Crippen LogP contribution in [0, 0.1) is 0 Å². The number of hydrogen-bond acceptors (Lipinski definition) is 2. The molecule has 0 bridgehead atoms. The summed E-state index contributed by atoms with van der Waals surface area (Å²) >= 11 is 12.7. The molecule has 1 fully saturated rings. The Morgan fingerprint density at radius 1 is 1.16 bits per heavy atom. The molecule has 1 atom stereocenters. The first kappa shape index (κ1) is 18.8. The molecule has 132 valence electrons. The van der Waals surface area contributed by atoms with Gasteiger partial charge in [0.25, 0.3) is 0 Å². The van der Waals surface area contributed by atoms with Gasteiger partial charge in [-0.25, -0.2) is 0 Å². The quantitative estimate of drug-likeness (QED) is 0.560. The highest BCUT2D eigenvalue weighted by molar-refractivity contribution is 9.10. The van der Waals surface area contributed by atoms with Crippen LogP contribution in [0.4, 0.5) is 5.69 Å². The van der Waals surface area contributed by atoms with Crippen LogP contribution in [0.2, 0.25) is 0 Å². The maximum Gasteiger partial charge on any atom is 0.173 e. The van der Waals surface area contributed by atoms with Crippen molar-refractivity contribution in [2.75, 3.05) is 18.5 Å². The monoisotopic (exact) mass is 482 g/mol. The predicted octanol–water partition coefficient (Wildman–Crippen LogP) is 5.59. The molecular formula is C19H20Br2N2OS. The summed E-state index contributed by atoms with van der Waals surface area (Å²) in [5.74, 6) is 0. The van der Waals surface area contributed by atoms with E-state index in [1.54, 1.807) is 0 Å². The fraction of sp³-hybridized carbons (Fsp3) is 0.316. The van der Waals surface area contributed by atoms with Crippen LogP contribution in [0.1, 0.15) is 18.4 Å². The van der Waals surface area contributed by atoms with Gasteiger partial charge in [-0.15, -0.1) is 0 Å². The molecule has 1 saturated heterocycles. The zero-order chi connectivity index (χ0) is 17.6. The maximum absolute atomic E-state index is 5.82. The van der Waals surface area contributed by atoms with Crippen molar-refractivity contribution in [2.45, 2.75) is 25.5 Å². The summed E-state index contributed by atoms with van der Waals surface area (Å²) in [6.07, 6.45) is 2.47. The first-order chi connectivity index (χ1) is 12.1. The minimum Gasteiger partial charge on any atom is -0.376 e. The van der Waals surface area contributed by atoms with Gasteiger partial charge in [0.15, 0.2) is 5.11 Å². The molecule has 3 nitrogen and oxygen atoms in total. The van der Waals surface area contributed by atoms with Crippen LogP contribution >= 0.6 is 44.1 Å². The standard InChI is InChI=1S/C19H20Br2N2OS/c20-15-6-8-17(9-7-15)22-19(25)23(13-18-5-2-10-24-18)12-14-3-1-4-16(21)11-14/h1,3-4,6-9,11,18H,2,5,10,12-13H2,(H,22,25). The Labute approximate surface area is 171 Å². The van der Waals surface area contributed by atoms with Crippen molar-refractivity contribution in [3.05, 3.63) is 63.0 Å². The van der Waals surface area contributed by atoms with E-state index in [9.17, 15) is 0 Å². The van der Waals surface area contributed by atoms with E-state index in [2.05, 4.69) is 60.3 Å². The van der Waals surface area contributed by atoms with Gasteiger partial charge in [-0.3, -0.25) is 0 Å². The number of anilines is 1. The van der Waals surface area contributed by atoms with Crippen molar-refractivity contribution < 1.29 is 4.74 Å². The molecule has 2 aromatic rings. The Morgan fingerprint density at radius 3 is 2.64 bits per heavy atom. The van der Waals surface area contributed by atoms with E-state index in [4.69, 9.17) is 17.0 Å². The number of rotatable bonds is 5. The van der Waals surface area contributed by atoms with Crippen molar-refractivity contribution in [1.82, 2.24) is 4.90 Å². The lowest BCUT2D eigenvalue weighted by molar-refractivity contribution is 0.0905. The lowest BCUT2D eigenvalue weighted by Crippen LogP contribution is -2.39. The third-order valence-corrected chi connectivity index (χ3v) is 5.48.